The van der Waals surface area contributed by atoms with Gasteiger partial charge in [-0.25, -0.2) is 4.98 Å². The monoisotopic (exact) mass is 227 g/mol. The number of aliphatic hydroxyl groups excluding tert-OH is 1. The number of nitrogens with zero attached hydrogens (tertiary/aromatic N) is 2. The lowest BCUT2D eigenvalue weighted by atomic mass is 10.2. The molecule has 0 aliphatic heterocycles. The van der Waals surface area contributed by atoms with Gasteiger partial charge in [0, 0.05) is 25.8 Å². The van der Waals surface area contributed by atoms with Gasteiger partial charge >= 0.3 is 0 Å². The minimum absolute atomic E-state index is 0.140. The highest BCUT2D eigenvalue weighted by molar-refractivity contribution is 5.04. The van der Waals surface area contributed by atoms with Crippen LogP contribution in [0.2, 0.25) is 0 Å². The van der Waals surface area contributed by atoms with Crippen molar-refractivity contribution in [2.45, 2.75) is 32.4 Å². The summed E-state index contributed by atoms with van der Waals surface area (Å²) in [7, 11) is 0. The molecule has 92 valence electrons. The molecule has 0 spiro atoms. The molecule has 1 atom stereocenters. The van der Waals surface area contributed by atoms with E-state index in [0.29, 0.717) is 25.6 Å². The van der Waals surface area contributed by atoms with Crippen LogP contribution in [-0.2, 0) is 4.74 Å². The molecule has 1 heterocycles. The second-order valence-corrected chi connectivity index (χ2v) is 3.99. The van der Waals surface area contributed by atoms with Gasteiger partial charge in [-0.15, -0.1) is 0 Å². The van der Waals surface area contributed by atoms with Gasteiger partial charge in [0.05, 0.1) is 18.2 Å². The van der Waals surface area contributed by atoms with Crippen molar-refractivity contribution in [1.82, 2.24) is 9.55 Å². The number of hydrogen-bond donors (Lipinski definition) is 2. The Kier molecular flexibility index (Phi) is 5.45. The molecule has 0 saturated carbocycles. The Hall–Kier alpha value is -0.910. The van der Waals surface area contributed by atoms with Gasteiger partial charge in [0.1, 0.15) is 6.10 Å². The summed E-state index contributed by atoms with van der Waals surface area (Å²) in [6.07, 6.45) is 4.07. The average Bonchev–Trinajstić information content (AvgIpc) is 2.73. The van der Waals surface area contributed by atoms with E-state index in [2.05, 4.69) is 23.4 Å². The van der Waals surface area contributed by atoms with E-state index in [1.165, 1.54) is 0 Å². The average molecular weight is 227 g/mol. The summed E-state index contributed by atoms with van der Waals surface area (Å²) in [5, 5.41) is 8.70. The third-order valence-electron chi connectivity index (χ3n) is 2.42. The summed E-state index contributed by atoms with van der Waals surface area (Å²) in [6.45, 7) is 5.26. The normalized spacial score (nSPS) is 13.3. The molecule has 1 unspecified atom stereocenters. The first kappa shape index (κ1) is 13.2. The van der Waals surface area contributed by atoms with E-state index < -0.39 is 0 Å². The topological polar surface area (TPSA) is 73.3 Å². The number of imidazole rings is 1. The number of rotatable bonds is 7. The van der Waals surface area contributed by atoms with Crippen LogP contribution in [0.15, 0.2) is 12.5 Å². The van der Waals surface area contributed by atoms with Crippen LogP contribution >= 0.6 is 0 Å². The fourth-order valence-electron chi connectivity index (χ4n) is 1.56. The molecule has 0 bridgehead atoms. The van der Waals surface area contributed by atoms with E-state index in [-0.39, 0.29) is 12.7 Å². The maximum absolute atomic E-state index is 8.70. The molecule has 5 nitrogen and oxygen atoms in total. The van der Waals surface area contributed by atoms with E-state index in [1.54, 1.807) is 12.5 Å². The number of hydrogen-bond acceptors (Lipinski definition) is 4. The predicted octanol–water partition coefficient (Wildman–Crippen LogP) is 0.863. The molecular formula is C11H21N3O2. The number of ether oxygens (including phenoxy) is 1. The fourth-order valence-corrected chi connectivity index (χ4v) is 1.56. The molecule has 3 N–H and O–H groups in total. The minimum Gasteiger partial charge on any atom is -0.396 e. The second-order valence-electron chi connectivity index (χ2n) is 3.99. The van der Waals surface area contributed by atoms with Crippen LogP contribution in [-0.4, -0.2) is 34.4 Å². The van der Waals surface area contributed by atoms with Crippen molar-refractivity contribution in [3.8, 4) is 0 Å². The molecule has 0 aromatic carbocycles. The highest BCUT2D eigenvalue weighted by Gasteiger charge is 2.16. The van der Waals surface area contributed by atoms with Crippen LogP contribution in [0, 0.1) is 0 Å². The highest BCUT2D eigenvalue weighted by atomic mass is 16.5. The fraction of sp³-hybridized carbons (Fsp3) is 0.727. The van der Waals surface area contributed by atoms with Crippen molar-refractivity contribution in [3.05, 3.63) is 18.2 Å². The highest BCUT2D eigenvalue weighted by Crippen LogP contribution is 2.19. The molecule has 0 radical (unpaired) electrons. The van der Waals surface area contributed by atoms with E-state index in [1.807, 2.05) is 0 Å². The lowest BCUT2D eigenvalue weighted by molar-refractivity contribution is 0.0434. The second kappa shape index (κ2) is 6.62. The Morgan fingerprint density at radius 1 is 1.56 bits per heavy atom. The standard InChI is InChI=1S/C11H21N3O2/c1-9(2)14-8-13-7-10(14)11(6-12)16-5-3-4-15/h7-9,11,15H,3-6,12H2,1-2H3. The van der Waals surface area contributed by atoms with E-state index in [4.69, 9.17) is 15.6 Å². The summed E-state index contributed by atoms with van der Waals surface area (Å²) >= 11 is 0. The van der Waals surface area contributed by atoms with Gasteiger partial charge in [-0.2, -0.15) is 0 Å². The summed E-state index contributed by atoms with van der Waals surface area (Å²) in [5.74, 6) is 0. The van der Waals surface area contributed by atoms with Crippen molar-refractivity contribution in [1.29, 1.82) is 0 Å². The predicted molar refractivity (Wildman–Crippen MR) is 62.1 cm³/mol. The van der Waals surface area contributed by atoms with Crippen LogP contribution in [0.3, 0.4) is 0 Å². The largest absolute Gasteiger partial charge is 0.396 e. The van der Waals surface area contributed by atoms with Gasteiger partial charge in [0.25, 0.3) is 0 Å². The molecule has 1 aromatic rings. The number of aliphatic hydroxyl groups is 1. The summed E-state index contributed by atoms with van der Waals surface area (Å²) in [6, 6.07) is 0.341. The smallest absolute Gasteiger partial charge is 0.111 e. The van der Waals surface area contributed by atoms with Crippen molar-refractivity contribution in [2.24, 2.45) is 5.73 Å². The third-order valence-corrected chi connectivity index (χ3v) is 2.42. The maximum Gasteiger partial charge on any atom is 0.111 e. The third kappa shape index (κ3) is 3.30. The first-order valence-corrected chi connectivity index (χ1v) is 5.65. The van der Waals surface area contributed by atoms with Crippen molar-refractivity contribution >= 4 is 0 Å². The molecule has 1 rings (SSSR count). The van der Waals surface area contributed by atoms with E-state index in [9.17, 15) is 0 Å². The Morgan fingerprint density at radius 3 is 2.88 bits per heavy atom. The lowest BCUT2D eigenvalue weighted by Crippen LogP contribution is -2.20. The Bertz CT molecular complexity index is 299. The van der Waals surface area contributed by atoms with E-state index >= 15 is 0 Å². The van der Waals surface area contributed by atoms with Crippen LogP contribution in [0.4, 0.5) is 0 Å². The Balaban J connectivity index is 2.66. The molecule has 0 aliphatic carbocycles. The molecule has 0 fully saturated rings. The molecule has 1 aromatic heterocycles. The van der Waals surface area contributed by atoms with Gasteiger partial charge in [-0.1, -0.05) is 0 Å². The lowest BCUT2D eigenvalue weighted by Gasteiger charge is -2.19. The van der Waals surface area contributed by atoms with Crippen LogP contribution in [0.1, 0.15) is 38.1 Å². The zero-order valence-electron chi connectivity index (χ0n) is 9.97. The van der Waals surface area contributed by atoms with Gasteiger partial charge in [0.2, 0.25) is 0 Å². The molecule has 16 heavy (non-hydrogen) atoms. The zero-order chi connectivity index (χ0) is 12.0. The molecule has 5 heteroatoms. The molecule has 0 saturated heterocycles. The number of nitrogens with two attached hydrogens (primary N) is 1. The van der Waals surface area contributed by atoms with Crippen LogP contribution in [0.25, 0.3) is 0 Å². The first-order valence-electron chi connectivity index (χ1n) is 5.65. The molecule has 0 amide bonds. The number of aromatic nitrogens is 2. The van der Waals surface area contributed by atoms with Crippen molar-refractivity contribution in [2.75, 3.05) is 19.8 Å². The molecular weight excluding hydrogens is 206 g/mol. The Labute approximate surface area is 96.2 Å². The maximum atomic E-state index is 8.70. The van der Waals surface area contributed by atoms with Gasteiger partial charge in [-0.05, 0) is 20.3 Å². The minimum atomic E-state index is -0.142. The Morgan fingerprint density at radius 2 is 2.31 bits per heavy atom. The van der Waals surface area contributed by atoms with Gasteiger partial charge < -0.3 is 20.1 Å². The van der Waals surface area contributed by atoms with Gasteiger partial charge in [0.15, 0.2) is 0 Å². The van der Waals surface area contributed by atoms with Crippen LogP contribution < -0.4 is 5.73 Å². The quantitative estimate of drug-likeness (QED) is 0.678. The SMILES string of the molecule is CC(C)n1cncc1C(CN)OCCCO. The molecule has 0 aliphatic rings. The summed E-state index contributed by atoms with van der Waals surface area (Å²) in [5.41, 5.74) is 6.68. The zero-order valence-corrected chi connectivity index (χ0v) is 9.97. The van der Waals surface area contributed by atoms with Crippen molar-refractivity contribution in [3.63, 3.8) is 0 Å². The first-order chi connectivity index (χ1) is 7.70. The summed E-state index contributed by atoms with van der Waals surface area (Å²) in [4.78, 5) is 4.12. The van der Waals surface area contributed by atoms with Crippen LogP contribution in [0.5, 0.6) is 0 Å². The van der Waals surface area contributed by atoms with E-state index in [0.717, 1.165) is 5.69 Å². The van der Waals surface area contributed by atoms with Gasteiger partial charge in [-0.3, -0.25) is 0 Å². The van der Waals surface area contributed by atoms with Crippen molar-refractivity contribution < 1.29 is 9.84 Å². The summed E-state index contributed by atoms with van der Waals surface area (Å²) < 4.78 is 7.67.